The van der Waals surface area contributed by atoms with Crippen molar-refractivity contribution in [2.45, 2.75) is 38.5 Å². The highest BCUT2D eigenvalue weighted by molar-refractivity contribution is 6.06. The van der Waals surface area contributed by atoms with Gasteiger partial charge in [0.15, 0.2) is 5.78 Å². The normalized spacial score (nSPS) is 10.9. The Labute approximate surface area is 202 Å². The molecule has 3 rings (SSSR count). The van der Waals surface area contributed by atoms with Crippen LogP contribution in [-0.4, -0.2) is 19.0 Å². The predicted octanol–water partition coefficient (Wildman–Crippen LogP) is 6.55. The van der Waals surface area contributed by atoms with Gasteiger partial charge < -0.3 is 20.9 Å². The average molecular weight is 459 g/mol. The molecule has 0 unspecified atom stereocenters. The highest BCUT2D eigenvalue weighted by Gasteiger charge is 2.03. The number of nitrogens with two attached hydrogens (primary N) is 2. The number of carbonyl (C=O) groups excluding carboxylic acids is 1. The van der Waals surface area contributed by atoms with E-state index >= 15 is 0 Å². The number of ketones is 1. The van der Waals surface area contributed by atoms with Crippen molar-refractivity contribution in [3.63, 3.8) is 0 Å². The van der Waals surface area contributed by atoms with E-state index in [9.17, 15) is 4.79 Å². The number of carbonyl (C=O) groups is 1. The van der Waals surface area contributed by atoms with Gasteiger partial charge in [0.05, 0.1) is 18.9 Å². The van der Waals surface area contributed by atoms with Crippen LogP contribution in [0.4, 0.5) is 11.4 Å². The van der Waals surface area contributed by atoms with Crippen LogP contribution >= 0.6 is 0 Å². The largest absolute Gasteiger partial charge is 0.494 e. The summed E-state index contributed by atoms with van der Waals surface area (Å²) >= 11 is 0. The maximum atomic E-state index is 12.3. The number of unbranched alkanes of at least 4 members (excludes halogenated alkanes) is 5. The molecule has 0 saturated carbocycles. The molecule has 0 saturated heterocycles. The number of rotatable bonds is 14. The van der Waals surface area contributed by atoms with Crippen molar-refractivity contribution in [1.29, 1.82) is 0 Å². The summed E-state index contributed by atoms with van der Waals surface area (Å²) in [6, 6.07) is 22.5. The number of anilines is 2. The molecule has 0 fully saturated rings. The summed E-state index contributed by atoms with van der Waals surface area (Å²) in [4.78, 5) is 12.3. The monoisotopic (exact) mass is 458 g/mol. The van der Waals surface area contributed by atoms with Crippen molar-refractivity contribution < 1.29 is 14.3 Å². The smallest absolute Gasteiger partial charge is 0.185 e. The van der Waals surface area contributed by atoms with Crippen LogP contribution in [0.2, 0.25) is 0 Å². The van der Waals surface area contributed by atoms with Crippen molar-refractivity contribution in [3.05, 3.63) is 90.0 Å². The third-order valence-corrected chi connectivity index (χ3v) is 5.46. The fraction of sp³-hybridized carbons (Fsp3) is 0.276. The van der Waals surface area contributed by atoms with Gasteiger partial charge in [-0.05, 0) is 66.9 Å². The van der Waals surface area contributed by atoms with Gasteiger partial charge in [-0.15, -0.1) is 0 Å². The molecule has 0 aliphatic rings. The van der Waals surface area contributed by atoms with E-state index in [4.69, 9.17) is 20.9 Å². The molecule has 0 amide bonds. The van der Waals surface area contributed by atoms with E-state index < -0.39 is 0 Å². The second kappa shape index (κ2) is 13.7. The average Bonchev–Trinajstić information content (AvgIpc) is 2.86. The molecule has 3 aromatic rings. The van der Waals surface area contributed by atoms with Crippen molar-refractivity contribution in [3.8, 4) is 11.5 Å². The Hall–Kier alpha value is -3.73. The molecule has 0 aliphatic heterocycles. The van der Waals surface area contributed by atoms with Crippen LogP contribution in [0.5, 0.6) is 11.5 Å². The van der Waals surface area contributed by atoms with Gasteiger partial charge >= 0.3 is 0 Å². The zero-order valence-electron chi connectivity index (χ0n) is 19.6. The van der Waals surface area contributed by atoms with Gasteiger partial charge in [0.1, 0.15) is 11.5 Å². The minimum Gasteiger partial charge on any atom is -0.494 e. The molecule has 0 bridgehead atoms. The third-order valence-electron chi connectivity index (χ3n) is 5.46. The molecule has 178 valence electrons. The van der Waals surface area contributed by atoms with Crippen molar-refractivity contribution in [1.82, 2.24) is 0 Å². The first-order valence-corrected chi connectivity index (χ1v) is 11.9. The lowest BCUT2D eigenvalue weighted by Gasteiger charge is -2.09. The second-order valence-electron chi connectivity index (χ2n) is 8.25. The lowest BCUT2D eigenvalue weighted by Crippen LogP contribution is -2.01. The van der Waals surface area contributed by atoms with Crippen LogP contribution in [0.15, 0.2) is 78.9 Å². The zero-order valence-corrected chi connectivity index (χ0v) is 19.6. The topological polar surface area (TPSA) is 87.6 Å². The summed E-state index contributed by atoms with van der Waals surface area (Å²) in [5, 5.41) is 0. The standard InChI is InChI=1S/C29H34N2O3/c30-25-15-19-29(27(31)22-25)34-21-9-4-2-1-3-8-20-33-26-16-13-24(14-17-26)28(32)18-12-23-10-6-5-7-11-23/h5-7,10-19,22H,1-4,8-9,20-21,30-31H2. The van der Waals surface area contributed by atoms with Gasteiger partial charge in [-0.3, -0.25) is 4.79 Å². The number of hydrogen-bond acceptors (Lipinski definition) is 5. The van der Waals surface area contributed by atoms with Crippen LogP contribution in [0, 0.1) is 0 Å². The van der Waals surface area contributed by atoms with Crippen LogP contribution in [0.25, 0.3) is 6.08 Å². The zero-order chi connectivity index (χ0) is 24.0. The summed E-state index contributed by atoms with van der Waals surface area (Å²) < 4.78 is 11.5. The van der Waals surface area contributed by atoms with Crippen LogP contribution in [0.3, 0.4) is 0 Å². The van der Waals surface area contributed by atoms with Gasteiger partial charge in [-0.2, -0.15) is 0 Å². The Morgan fingerprint density at radius 1 is 0.735 bits per heavy atom. The molecule has 5 heteroatoms. The summed E-state index contributed by atoms with van der Waals surface area (Å²) in [6.45, 7) is 1.35. The Morgan fingerprint density at radius 2 is 1.38 bits per heavy atom. The van der Waals surface area contributed by atoms with Gasteiger partial charge in [0.2, 0.25) is 0 Å². The molecular weight excluding hydrogens is 424 g/mol. The lowest BCUT2D eigenvalue weighted by atomic mass is 10.1. The number of nitrogen functional groups attached to an aromatic ring is 2. The molecule has 0 radical (unpaired) electrons. The molecule has 0 heterocycles. The fourth-order valence-corrected chi connectivity index (χ4v) is 3.53. The van der Waals surface area contributed by atoms with Gasteiger partial charge in [0, 0.05) is 11.3 Å². The molecule has 0 spiro atoms. The first-order chi connectivity index (χ1) is 16.6. The first kappa shape index (κ1) is 24.9. The van der Waals surface area contributed by atoms with Crippen LogP contribution in [0.1, 0.15) is 54.4 Å². The number of benzene rings is 3. The van der Waals surface area contributed by atoms with E-state index in [1.807, 2.05) is 66.7 Å². The number of ether oxygens (including phenoxy) is 2. The third kappa shape index (κ3) is 8.66. The van der Waals surface area contributed by atoms with Crippen LogP contribution in [-0.2, 0) is 0 Å². The highest BCUT2D eigenvalue weighted by atomic mass is 16.5. The SMILES string of the molecule is Nc1ccc(OCCCCCCCCOc2ccc(C(=O)C=Cc3ccccc3)cc2)c(N)c1. The molecule has 5 nitrogen and oxygen atoms in total. The van der Waals surface area contributed by atoms with Crippen molar-refractivity contribution in [2.75, 3.05) is 24.7 Å². The fourth-order valence-electron chi connectivity index (χ4n) is 3.53. The first-order valence-electron chi connectivity index (χ1n) is 11.9. The van der Waals surface area contributed by atoms with Gasteiger partial charge in [-0.1, -0.05) is 62.1 Å². The maximum absolute atomic E-state index is 12.3. The molecule has 34 heavy (non-hydrogen) atoms. The van der Waals surface area contributed by atoms with E-state index in [-0.39, 0.29) is 5.78 Å². The molecule has 3 aromatic carbocycles. The van der Waals surface area contributed by atoms with E-state index in [1.165, 1.54) is 12.8 Å². The van der Waals surface area contributed by atoms with Gasteiger partial charge in [-0.25, -0.2) is 0 Å². The Kier molecular flexibility index (Phi) is 10.1. The van der Waals surface area contributed by atoms with Crippen LogP contribution < -0.4 is 20.9 Å². The van der Waals surface area contributed by atoms with Crippen molar-refractivity contribution >= 4 is 23.2 Å². The minimum atomic E-state index is -0.0160. The second-order valence-corrected chi connectivity index (χ2v) is 8.25. The molecule has 4 N–H and O–H groups in total. The van der Waals surface area contributed by atoms with E-state index in [1.54, 1.807) is 18.2 Å². The molecule has 0 atom stereocenters. The summed E-state index contributed by atoms with van der Waals surface area (Å²) in [5.41, 5.74) is 14.5. The maximum Gasteiger partial charge on any atom is 0.185 e. The predicted molar refractivity (Wildman–Crippen MR) is 140 cm³/mol. The number of hydrogen-bond donors (Lipinski definition) is 2. The van der Waals surface area contributed by atoms with E-state index in [2.05, 4.69) is 0 Å². The quantitative estimate of drug-likeness (QED) is 0.124. The Morgan fingerprint density at radius 3 is 2.06 bits per heavy atom. The molecular formula is C29H34N2O3. The summed E-state index contributed by atoms with van der Waals surface area (Å²) in [6.07, 6.45) is 10.1. The summed E-state index contributed by atoms with van der Waals surface area (Å²) in [7, 11) is 0. The molecule has 0 aromatic heterocycles. The Balaban J connectivity index is 1.23. The Bertz CT molecular complexity index is 1050. The molecule has 0 aliphatic carbocycles. The number of allylic oxidation sites excluding steroid dienone is 1. The van der Waals surface area contributed by atoms with Gasteiger partial charge in [0.25, 0.3) is 0 Å². The van der Waals surface area contributed by atoms with Crippen molar-refractivity contribution in [2.24, 2.45) is 0 Å². The highest BCUT2D eigenvalue weighted by Crippen LogP contribution is 2.23. The lowest BCUT2D eigenvalue weighted by molar-refractivity contribution is 0.104. The van der Waals surface area contributed by atoms with E-state index in [0.29, 0.717) is 35.9 Å². The minimum absolute atomic E-state index is 0.0160. The van der Waals surface area contributed by atoms with E-state index in [0.717, 1.165) is 37.0 Å². The summed E-state index contributed by atoms with van der Waals surface area (Å²) in [5.74, 6) is 1.48.